The Morgan fingerprint density at radius 3 is 2.50 bits per heavy atom. The summed E-state index contributed by atoms with van der Waals surface area (Å²) in [6.45, 7) is 3.06. The first-order chi connectivity index (χ1) is 5.81. The summed E-state index contributed by atoms with van der Waals surface area (Å²) in [6.07, 6.45) is 4.74. The van der Waals surface area contributed by atoms with Crippen molar-refractivity contribution in [3.8, 4) is 0 Å². The summed E-state index contributed by atoms with van der Waals surface area (Å²) in [6, 6.07) is 0. The molecule has 0 radical (unpaired) electrons. The van der Waals surface area contributed by atoms with Gasteiger partial charge in [0.2, 0.25) is 0 Å². The fourth-order valence-electron chi connectivity index (χ4n) is 1.00. The Hall–Kier alpha value is -0.570. The average Bonchev–Trinajstić information content (AvgIpc) is 2.05. The molecule has 0 aliphatic heterocycles. The normalized spacial score (nSPS) is 9.83. The lowest BCUT2D eigenvalue weighted by molar-refractivity contribution is -0.143. The molecular formula is C9H19NO2. The molecule has 0 saturated heterocycles. The molecule has 0 aromatic carbocycles. The SMILES string of the molecule is CCOC(=O)CCCCCCN. The van der Waals surface area contributed by atoms with Crippen LogP contribution in [0, 0.1) is 0 Å². The first kappa shape index (κ1) is 11.4. The third-order valence-corrected chi connectivity index (χ3v) is 1.64. The van der Waals surface area contributed by atoms with Crippen molar-refractivity contribution in [3.05, 3.63) is 0 Å². The van der Waals surface area contributed by atoms with Gasteiger partial charge in [-0.1, -0.05) is 12.8 Å². The molecule has 0 amide bonds. The van der Waals surface area contributed by atoms with Gasteiger partial charge in [0.15, 0.2) is 0 Å². The predicted molar refractivity (Wildman–Crippen MR) is 48.8 cm³/mol. The van der Waals surface area contributed by atoms with Gasteiger partial charge in [-0.3, -0.25) is 4.79 Å². The van der Waals surface area contributed by atoms with E-state index >= 15 is 0 Å². The Labute approximate surface area is 74.3 Å². The number of hydrogen-bond acceptors (Lipinski definition) is 3. The van der Waals surface area contributed by atoms with Gasteiger partial charge in [0.25, 0.3) is 0 Å². The van der Waals surface area contributed by atoms with Gasteiger partial charge in [-0.2, -0.15) is 0 Å². The highest BCUT2D eigenvalue weighted by Gasteiger charge is 1.99. The van der Waals surface area contributed by atoms with E-state index in [0.717, 1.165) is 32.2 Å². The summed E-state index contributed by atoms with van der Waals surface area (Å²) in [5.74, 6) is -0.0785. The van der Waals surface area contributed by atoms with E-state index in [2.05, 4.69) is 0 Å². The Morgan fingerprint density at radius 2 is 1.92 bits per heavy atom. The highest BCUT2D eigenvalue weighted by atomic mass is 16.5. The fraction of sp³-hybridized carbons (Fsp3) is 0.889. The van der Waals surface area contributed by atoms with Crippen molar-refractivity contribution < 1.29 is 9.53 Å². The summed E-state index contributed by atoms with van der Waals surface area (Å²) in [7, 11) is 0. The molecule has 12 heavy (non-hydrogen) atoms. The van der Waals surface area contributed by atoms with E-state index in [-0.39, 0.29) is 5.97 Å². The van der Waals surface area contributed by atoms with Crippen molar-refractivity contribution in [2.75, 3.05) is 13.2 Å². The van der Waals surface area contributed by atoms with Crippen LogP contribution in [-0.2, 0) is 9.53 Å². The molecule has 0 aromatic heterocycles. The molecule has 0 aliphatic carbocycles. The molecule has 72 valence electrons. The van der Waals surface area contributed by atoms with Gasteiger partial charge < -0.3 is 10.5 Å². The van der Waals surface area contributed by atoms with Gasteiger partial charge in [0, 0.05) is 6.42 Å². The zero-order valence-electron chi connectivity index (χ0n) is 7.84. The minimum Gasteiger partial charge on any atom is -0.466 e. The van der Waals surface area contributed by atoms with E-state index in [1.54, 1.807) is 0 Å². The monoisotopic (exact) mass is 173 g/mol. The molecule has 2 N–H and O–H groups in total. The van der Waals surface area contributed by atoms with Crippen LogP contribution in [0.2, 0.25) is 0 Å². The maximum absolute atomic E-state index is 10.8. The maximum atomic E-state index is 10.8. The Kier molecular flexibility index (Phi) is 8.12. The number of carbonyl (C=O) groups is 1. The molecule has 0 aliphatic rings. The van der Waals surface area contributed by atoms with Crippen LogP contribution < -0.4 is 5.73 Å². The van der Waals surface area contributed by atoms with Crippen LogP contribution in [-0.4, -0.2) is 19.1 Å². The van der Waals surface area contributed by atoms with Gasteiger partial charge in [0.05, 0.1) is 6.61 Å². The minimum atomic E-state index is -0.0785. The summed E-state index contributed by atoms with van der Waals surface area (Å²) in [5.41, 5.74) is 5.33. The molecule has 0 aromatic rings. The lowest BCUT2D eigenvalue weighted by Gasteiger charge is -2.00. The Balaban J connectivity index is 3.03. The molecule has 0 unspecified atom stereocenters. The minimum absolute atomic E-state index is 0.0785. The smallest absolute Gasteiger partial charge is 0.305 e. The number of esters is 1. The van der Waals surface area contributed by atoms with Crippen molar-refractivity contribution in [1.82, 2.24) is 0 Å². The number of ether oxygens (including phenoxy) is 1. The van der Waals surface area contributed by atoms with Gasteiger partial charge in [-0.15, -0.1) is 0 Å². The van der Waals surface area contributed by atoms with E-state index < -0.39 is 0 Å². The molecular weight excluding hydrogens is 154 g/mol. The van der Waals surface area contributed by atoms with Crippen LogP contribution in [0.5, 0.6) is 0 Å². The summed E-state index contributed by atoms with van der Waals surface area (Å²) in [5, 5.41) is 0. The number of nitrogens with two attached hydrogens (primary N) is 1. The zero-order chi connectivity index (χ0) is 9.23. The molecule has 0 saturated carbocycles. The average molecular weight is 173 g/mol. The second-order valence-corrected chi connectivity index (χ2v) is 2.76. The molecule has 3 heteroatoms. The van der Waals surface area contributed by atoms with Gasteiger partial charge >= 0.3 is 5.97 Å². The zero-order valence-corrected chi connectivity index (χ0v) is 7.84. The van der Waals surface area contributed by atoms with Crippen LogP contribution in [0.3, 0.4) is 0 Å². The second kappa shape index (κ2) is 8.53. The third kappa shape index (κ3) is 7.54. The molecule has 0 fully saturated rings. The second-order valence-electron chi connectivity index (χ2n) is 2.76. The molecule has 0 rings (SSSR count). The number of rotatable bonds is 7. The van der Waals surface area contributed by atoms with Gasteiger partial charge in [-0.25, -0.2) is 0 Å². The highest BCUT2D eigenvalue weighted by Crippen LogP contribution is 2.02. The van der Waals surface area contributed by atoms with Crippen LogP contribution >= 0.6 is 0 Å². The fourth-order valence-corrected chi connectivity index (χ4v) is 1.00. The quantitative estimate of drug-likeness (QED) is 0.468. The summed E-state index contributed by atoms with van der Waals surface area (Å²) < 4.78 is 4.78. The van der Waals surface area contributed by atoms with Crippen molar-refractivity contribution in [2.45, 2.75) is 39.0 Å². The van der Waals surface area contributed by atoms with Crippen LogP contribution in [0.4, 0.5) is 0 Å². The lowest BCUT2D eigenvalue weighted by Crippen LogP contribution is -2.03. The van der Waals surface area contributed by atoms with E-state index in [0.29, 0.717) is 13.0 Å². The molecule has 0 atom stereocenters. The number of carbonyl (C=O) groups excluding carboxylic acids is 1. The van der Waals surface area contributed by atoms with E-state index in [1.165, 1.54) is 0 Å². The first-order valence-corrected chi connectivity index (χ1v) is 4.67. The molecule has 0 spiro atoms. The topological polar surface area (TPSA) is 52.3 Å². The maximum Gasteiger partial charge on any atom is 0.305 e. The first-order valence-electron chi connectivity index (χ1n) is 4.67. The van der Waals surface area contributed by atoms with E-state index in [9.17, 15) is 4.79 Å². The van der Waals surface area contributed by atoms with Crippen LogP contribution in [0.15, 0.2) is 0 Å². The van der Waals surface area contributed by atoms with Crippen molar-refractivity contribution in [1.29, 1.82) is 0 Å². The van der Waals surface area contributed by atoms with Crippen molar-refractivity contribution >= 4 is 5.97 Å². The van der Waals surface area contributed by atoms with Crippen molar-refractivity contribution in [2.24, 2.45) is 5.73 Å². The van der Waals surface area contributed by atoms with Crippen molar-refractivity contribution in [3.63, 3.8) is 0 Å². The predicted octanol–water partition coefficient (Wildman–Crippen LogP) is 1.46. The Morgan fingerprint density at radius 1 is 1.25 bits per heavy atom. The standard InChI is InChI=1S/C9H19NO2/c1-2-12-9(11)7-5-3-4-6-8-10/h2-8,10H2,1H3. The highest BCUT2D eigenvalue weighted by molar-refractivity contribution is 5.69. The van der Waals surface area contributed by atoms with Gasteiger partial charge in [0.1, 0.15) is 0 Å². The largest absolute Gasteiger partial charge is 0.466 e. The third-order valence-electron chi connectivity index (χ3n) is 1.64. The molecule has 0 bridgehead atoms. The van der Waals surface area contributed by atoms with Crippen LogP contribution in [0.1, 0.15) is 39.0 Å². The summed E-state index contributed by atoms with van der Waals surface area (Å²) >= 11 is 0. The van der Waals surface area contributed by atoms with Crippen LogP contribution in [0.25, 0.3) is 0 Å². The number of hydrogen-bond donors (Lipinski definition) is 1. The van der Waals surface area contributed by atoms with E-state index in [4.69, 9.17) is 10.5 Å². The van der Waals surface area contributed by atoms with E-state index in [1.807, 2.05) is 6.92 Å². The summed E-state index contributed by atoms with van der Waals surface area (Å²) in [4.78, 5) is 10.8. The molecule has 0 heterocycles. The Bertz CT molecular complexity index is 115. The number of unbranched alkanes of at least 4 members (excludes halogenated alkanes) is 3. The molecule has 3 nitrogen and oxygen atoms in total. The van der Waals surface area contributed by atoms with Gasteiger partial charge in [-0.05, 0) is 26.3 Å². The lowest BCUT2D eigenvalue weighted by atomic mass is 10.1.